The average molecular weight is 433 g/mol. The molecule has 2 unspecified atom stereocenters. The van der Waals surface area contributed by atoms with Crippen LogP contribution in [0.2, 0.25) is 0 Å². The monoisotopic (exact) mass is 433 g/mol. The lowest BCUT2D eigenvalue weighted by molar-refractivity contribution is -0.119. The van der Waals surface area contributed by atoms with Crippen LogP contribution in [0.1, 0.15) is 32.2 Å². The van der Waals surface area contributed by atoms with Gasteiger partial charge in [0.15, 0.2) is 0 Å². The van der Waals surface area contributed by atoms with Gasteiger partial charge in [0.1, 0.15) is 17.8 Å². The summed E-state index contributed by atoms with van der Waals surface area (Å²) >= 11 is 0. The number of hydrogen-bond donors (Lipinski definition) is 2. The van der Waals surface area contributed by atoms with Crippen LogP contribution in [-0.2, 0) is 9.59 Å². The molecule has 10 heteroatoms. The van der Waals surface area contributed by atoms with Crippen LogP contribution in [0, 0.1) is 5.92 Å². The first-order valence-electron chi connectivity index (χ1n) is 10.2. The molecular formula is C22H23N7O3. The van der Waals surface area contributed by atoms with Crippen molar-refractivity contribution in [3.8, 4) is 11.4 Å². The van der Waals surface area contributed by atoms with Crippen molar-refractivity contribution in [1.82, 2.24) is 20.4 Å². The molecule has 3 aromatic rings. The predicted molar refractivity (Wildman–Crippen MR) is 117 cm³/mol. The molecule has 32 heavy (non-hydrogen) atoms. The molecule has 2 amide bonds. The Balaban J connectivity index is 1.55. The van der Waals surface area contributed by atoms with Crippen LogP contribution in [0.3, 0.4) is 0 Å². The predicted octanol–water partition coefficient (Wildman–Crippen LogP) is 2.07. The quantitative estimate of drug-likeness (QED) is 0.581. The number of para-hydroxylation sites is 1. The van der Waals surface area contributed by atoms with Gasteiger partial charge in [0.2, 0.25) is 17.6 Å². The normalized spacial score (nSPS) is 16.7. The van der Waals surface area contributed by atoms with Crippen LogP contribution >= 0.6 is 0 Å². The molecule has 0 fully saturated rings. The minimum Gasteiger partial charge on any atom is -0.368 e. The van der Waals surface area contributed by atoms with E-state index >= 15 is 0 Å². The number of nitrogens with zero attached hydrogens (tertiary/aromatic N) is 5. The zero-order valence-electron chi connectivity index (χ0n) is 17.7. The molecule has 164 valence electrons. The lowest BCUT2D eigenvalue weighted by Crippen LogP contribution is -2.40. The first-order valence-corrected chi connectivity index (χ1v) is 10.2. The zero-order valence-corrected chi connectivity index (χ0v) is 17.7. The molecule has 1 aliphatic rings. The van der Waals surface area contributed by atoms with E-state index in [1.165, 1.54) is 5.01 Å². The zero-order chi connectivity index (χ0) is 22.7. The summed E-state index contributed by atoms with van der Waals surface area (Å²) in [5.74, 6) is -0.360. The summed E-state index contributed by atoms with van der Waals surface area (Å²) in [4.78, 5) is 33.5. The molecule has 2 aromatic heterocycles. The fourth-order valence-corrected chi connectivity index (χ4v) is 3.40. The average Bonchev–Trinajstić information content (AvgIpc) is 3.46. The summed E-state index contributed by atoms with van der Waals surface area (Å²) in [6.07, 6.45) is 3.39. The number of anilines is 1. The van der Waals surface area contributed by atoms with Crippen molar-refractivity contribution in [2.75, 3.05) is 5.01 Å². The summed E-state index contributed by atoms with van der Waals surface area (Å²) in [6.45, 7) is 3.86. The van der Waals surface area contributed by atoms with Gasteiger partial charge >= 0.3 is 0 Å². The molecule has 10 nitrogen and oxygen atoms in total. The van der Waals surface area contributed by atoms with Crippen molar-refractivity contribution in [2.24, 2.45) is 16.8 Å². The number of nitrogens with one attached hydrogen (secondary N) is 1. The third-order valence-electron chi connectivity index (χ3n) is 5.10. The summed E-state index contributed by atoms with van der Waals surface area (Å²) in [7, 11) is 0. The molecular weight excluding hydrogens is 410 g/mol. The van der Waals surface area contributed by atoms with Crippen LogP contribution in [0.4, 0.5) is 5.69 Å². The van der Waals surface area contributed by atoms with Crippen molar-refractivity contribution in [1.29, 1.82) is 0 Å². The Hall–Kier alpha value is -4.08. The van der Waals surface area contributed by atoms with E-state index in [-0.39, 0.29) is 23.9 Å². The Morgan fingerprint density at radius 1 is 1.19 bits per heavy atom. The van der Waals surface area contributed by atoms with Crippen molar-refractivity contribution >= 4 is 23.2 Å². The molecule has 0 saturated carbocycles. The molecule has 0 radical (unpaired) electrons. The van der Waals surface area contributed by atoms with Gasteiger partial charge in [0.25, 0.3) is 5.91 Å². The highest BCUT2D eigenvalue weighted by Gasteiger charge is 2.36. The van der Waals surface area contributed by atoms with Crippen LogP contribution < -0.4 is 16.1 Å². The van der Waals surface area contributed by atoms with E-state index in [0.717, 1.165) is 0 Å². The standard InChI is InChI=1S/C22H23N7O3/c1-13(2)18(22-26-20(28-32-22)14-7-6-10-24-12-14)25-21(31)16-11-17(19(23)30)29(27-16)15-8-4-3-5-9-15/h3-10,12-13,17-18H,11H2,1-2H3,(H2,23,30)(H,25,31). The first kappa shape index (κ1) is 21.2. The largest absolute Gasteiger partial charge is 0.368 e. The molecule has 1 aromatic carbocycles. The van der Waals surface area contributed by atoms with E-state index in [1.54, 1.807) is 30.6 Å². The fourth-order valence-electron chi connectivity index (χ4n) is 3.40. The second-order valence-corrected chi connectivity index (χ2v) is 7.74. The lowest BCUT2D eigenvalue weighted by Gasteiger charge is -2.20. The highest BCUT2D eigenvalue weighted by atomic mass is 16.5. The van der Waals surface area contributed by atoms with Gasteiger partial charge in [-0.05, 0) is 30.2 Å². The molecule has 0 spiro atoms. The van der Waals surface area contributed by atoms with Crippen LogP contribution in [0.25, 0.3) is 11.4 Å². The highest BCUT2D eigenvalue weighted by Crippen LogP contribution is 2.26. The summed E-state index contributed by atoms with van der Waals surface area (Å²) < 4.78 is 5.43. The van der Waals surface area contributed by atoms with Crippen molar-refractivity contribution in [3.05, 3.63) is 60.7 Å². The van der Waals surface area contributed by atoms with Crippen LogP contribution in [-0.4, -0.2) is 38.7 Å². The van der Waals surface area contributed by atoms with Gasteiger partial charge < -0.3 is 15.6 Å². The molecule has 3 N–H and O–H groups in total. The SMILES string of the molecule is CC(C)C(NC(=O)C1=NN(c2ccccc2)C(C(N)=O)C1)c1nc(-c2cccnc2)no1. The van der Waals surface area contributed by atoms with Gasteiger partial charge in [-0.1, -0.05) is 37.2 Å². The number of benzene rings is 1. The maximum absolute atomic E-state index is 13.0. The number of carbonyl (C=O) groups is 2. The number of rotatable bonds is 7. The van der Waals surface area contributed by atoms with Gasteiger partial charge in [-0.3, -0.25) is 19.6 Å². The number of nitrogens with two attached hydrogens (primary N) is 1. The van der Waals surface area contributed by atoms with Crippen molar-refractivity contribution in [2.45, 2.75) is 32.4 Å². The molecule has 2 atom stereocenters. The topological polar surface area (TPSA) is 140 Å². The molecule has 0 bridgehead atoms. The van der Waals surface area contributed by atoms with E-state index < -0.39 is 23.9 Å². The summed E-state index contributed by atoms with van der Waals surface area (Å²) in [6, 6.07) is 11.4. The van der Waals surface area contributed by atoms with Gasteiger partial charge in [0, 0.05) is 24.4 Å². The van der Waals surface area contributed by atoms with Gasteiger partial charge in [-0.15, -0.1) is 0 Å². The van der Waals surface area contributed by atoms with Crippen molar-refractivity contribution in [3.63, 3.8) is 0 Å². The number of amides is 2. The van der Waals surface area contributed by atoms with Gasteiger partial charge in [-0.2, -0.15) is 10.1 Å². The Morgan fingerprint density at radius 2 is 1.97 bits per heavy atom. The Labute approximate surface area is 184 Å². The number of hydrazone groups is 1. The summed E-state index contributed by atoms with van der Waals surface area (Å²) in [5, 5.41) is 12.8. The molecule has 3 heterocycles. The van der Waals surface area contributed by atoms with E-state index in [2.05, 4.69) is 25.5 Å². The number of aromatic nitrogens is 3. The third kappa shape index (κ3) is 4.34. The maximum Gasteiger partial charge on any atom is 0.268 e. The molecule has 4 rings (SSSR count). The minimum absolute atomic E-state index is 0.0414. The van der Waals surface area contributed by atoms with Crippen molar-refractivity contribution < 1.29 is 14.1 Å². The number of hydrogen-bond acceptors (Lipinski definition) is 8. The van der Waals surface area contributed by atoms with Gasteiger partial charge in [-0.25, -0.2) is 0 Å². The second-order valence-electron chi connectivity index (χ2n) is 7.74. The minimum atomic E-state index is -0.740. The van der Waals surface area contributed by atoms with E-state index in [9.17, 15) is 9.59 Å². The van der Waals surface area contributed by atoms with E-state index in [4.69, 9.17) is 10.3 Å². The molecule has 1 aliphatic heterocycles. The number of pyridine rings is 1. The van der Waals surface area contributed by atoms with Crippen LogP contribution in [0.5, 0.6) is 0 Å². The highest BCUT2D eigenvalue weighted by molar-refractivity contribution is 6.40. The molecule has 0 saturated heterocycles. The van der Waals surface area contributed by atoms with Gasteiger partial charge in [0.05, 0.1) is 5.69 Å². The Kier molecular flexibility index (Phi) is 5.93. The molecule has 0 aliphatic carbocycles. The third-order valence-corrected chi connectivity index (χ3v) is 5.10. The first-order chi connectivity index (χ1) is 15.4. The number of carbonyl (C=O) groups excluding carboxylic acids is 2. The lowest BCUT2D eigenvalue weighted by atomic mass is 10.0. The summed E-state index contributed by atoms with van der Waals surface area (Å²) in [5.41, 5.74) is 7.15. The fraction of sp³-hybridized carbons (Fsp3) is 0.273. The Bertz CT molecular complexity index is 1130. The number of primary amides is 1. The maximum atomic E-state index is 13.0. The van der Waals surface area contributed by atoms with E-state index in [0.29, 0.717) is 17.1 Å². The second kappa shape index (κ2) is 8.96. The van der Waals surface area contributed by atoms with Crippen LogP contribution in [0.15, 0.2) is 64.5 Å². The smallest absolute Gasteiger partial charge is 0.268 e. The Morgan fingerprint density at radius 3 is 2.62 bits per heavy atom. The van der Waals surface area contributed by atoms with E-state index in [1.807, 2.05) is 38.1 Å².